The van der Waals surface area contributed by atoms with E-state index in [1.807, 2.05) is 6.07 Å². The second-order valence-electron chi connectivity index (χ2n) is 6.90. The Morgan fingerprint density at radius 2 is 2.13 bits per heavy atom. The largest absolute Gasteiger partial charge is 0.335 e. The smallest absolute Gasteiger partial charge is 0.241 e. The Labute approximate surface area is 140 Å². The summed E-state index contributed by atoms with van der Waals surface area (Å²) in [6, 6.07) is 10.7. The quantitative estimate of drug-likeness (QED) is 0.913. The third-order valence-corrected chi connectivity index (χ3v) is 6.00. The van der Waals surface area contributed by atoms with Crippen molar-refractivity contribution in [2.75, 3.05) is 11.4 Å². The lowest BCUT2D eigenvalue weighted by Gasteiger charge is -2.40. The molecule has 118 valence electrons. The first-order valence-electron chi connectivity index (χ1n) is 7.87. The highest BCUT2D eigenvalue weighted by atomic mass is 32.1. The molecule has 1 aromatic carbocycles. The lowest BCUT2D eigenvalue weighted by atomic mass is 9.75. The average Bonchev–Trinajstić information content (AvgIpc) is 3.16. The number of fused-ring (bicyclic) bond motifs is 3. The van der Waals surface area contributed by atoms with Crippen molar-refractivity contribution in [3.05, 3.63) is 57.8 Å². The van der Waals surface area contributed by atoms with Gasteiger partial charge in [-0.1, -0.05) is 37.6 Å². The number of nitrogens with one attached hydrogen (secondary N) is 1. The molecule has 1 fully saturated rings. The fourth-order valence-electron chi connectivity index (χ4n) is 3.88. The van der Waals surface area contributed by atoms with Crippen LogP contribution in [0.2, 0.25) is 0 Å². The maximum atomic E-state index is 12.2. The van der Waals surface area contributed by atoms with Crippen LogP contribution in [0.1, 0.15) is 29.9 Å². The minimum atomic E-state index is -0.496. The minimum Gasteiger partial charge on any atom is -0.335 e. The van der Waals surface area contributed by atoms with E-state index in [-0.39, 0.29) is 11.3 Å². The van der Waals surface area contributed by atoms with Crippen LogP contribution in [0.25, 0.3) is 6.08 Å². The molecule has 1 saturated heterocycles. The summed E-state index contributed by atoms with van der Waals surface area (Å²) in [6.45, 7) is 6.96. The van der Waals surface area contributed by atoms with E-state index < -0.39 is 5.66 Å². The Kier molecular flexibility index (Phi) is 2.97. The minimum absolute atomic E-state index is 0.0835. The van der Waals surface area contributed by atoms with Crippen molar-refractivity contribution in [1.29, 1.82) is 0 Å². The van der Waals surface area contributed by atoms with Gasteiger partial charge in [0.1, 0.15) is 5.66 Å². The van der Waals surface area contributed by atoms with E-state index in [2.05, 4.69) is 72.8 Å². The van der Waals surface area contributed by atoms with Gasteiger partial charge in [0.25, 0.3) is 0 Å². The van der Waals surface area contributed by atoms with Crippen LogP contribution in [0, 0.1) is 6.92 Å². The molecule has 3 heterocycles. The molecule has 2 aromatic rings. The van der Waals surface area contributed by atoms with Gasteiger partial charge in [-0.15, -0.1) is 11.3 Å². The number of anilines is 1. The van der Waals surface area contributed by atoms with Gasteiger partial charge in [-0.3, -0.25) is 4.79 Å². The number of aryl methyl sites for hydroxylation is 1. The molecule has 0 aliphatic carbocycles. The first kappa shape index (κ1) is 14.5. The highest BCUT2D eigenvalue weighted by Crippen LogP contribution is 2.53. The van der Waals surface area contributed by atoms with Gasteiger partial charge in [0.2, 0.25) is 5.91 Å². The van der Waals surface area contributed by atoms with Gasteiger partial charge in [0.15, 0.2) is 0 Å². The van der Waals surface area contributed by atoms with Crippen molar-refractivity contribution in [1.82, 2.24) is 5.32 Å². The molecule has 0 radical (unpaired) electrons. The number of nitrogens with zero attached hydrogens (tertiary/aromatic N) is 1. The van der Waals surface area contributed by atoms with Crippen LogP contribution in [0.5, 0.6) is 0 Å². The van der Waals surface area contributed by atoms with Gasteiger partial charge in [-0.05, 0) is 42.2 Å². The van der Waals surface area contributed by atoms with Gasteiger partial charge < -0.3 is 10.2 Å². The molecular weight excluding hydrogens is 304 g/mol. The highest BCUT2D eigenvalue weighted by Gasteiger charge is 2.59. The predicted octanol–water partition coefficient (Wildman–Crippen LogP) is 3.69. The molecule has 0 saturated carbocycles. The lowest BCUT2D eigenvalue weighted by Crippen LogP contribution is -2.58. The zero-order valence-electron chi connectivity index (χ0n) is 13.6. The Hall–Kier alpha value is -2.07. The molecule has 3 nitrogen and oxygen atoms in total. The SMILES string of the molecule is Cc1ccc2c(c1)C(C)(C)[C@@]1(/C=C/c3cccs3)NC(=O)CN21. The first-order chi connectivity index (χ1) is 10.9. The van der Waals surface area contributed by atoms with Crippen molar-refractivity contribution in [3.63, 3.8) is 0 Å². The predicted molar refractivity (Wildman–Crippen MR) is 95.8 cm³/mol. The van der Waals surface area contributed by atoms with E-state index in [0.717, 1.165) is 5.69 Å². The van der Waals surface area contributed by atoms with E-state index in [0.29, 0.717) is 6.54 Å². The van der Waals surface area contributed by atoms with E-state index >= 15 is 0 Å². The Bertz CT molecular complexity index is 807. The van der Waals surface area contributed by atoms with Crippen molar-refractivity contribution < 1.29 is 4.79 Å². The first-order valence-corrected chi connectivity index (χ1v) is 8.74. The second-order valence-corrected chi connectivity index (χ2v) is 7.87. The standard InChI is InChI=1S/C19H20N2OS/c1-13-6-7-16-15(11-13)18(2,3)19(20-17(22)12-21(16)19)9-8-14-5-4-10-23-14/h4-11H,12H2,1-3H3,(H,20,22)/b9-8+/t19-/m0/s1. The van der Waals surface area contributed by atoms with Crippen LogP contribution in [0.15, 0.2) is 41.8 Å². The number of amides is 1. The van der Waals surface area contributed by atoms with Gasteiger partial charge >= 0.3 is 0 Å². The number of benzene rings is 1. The zero-order valence-corrected chi connectivity index (χ0v) is 14.4. The second kappa shape index (κ2) is 4.71. The highest BCUT2D eigenvalue weighted by molar-refractivity contribution is 7.10. The summed E-state index contributed by atoms with van der Waals surface area (Å²) >= 11 is 1.71. The van der Waals surface area contributed by atoms with Crippen molar-refractivity contribution in [2.24, 2.45) is 0 Å². The normalized spacial score (nSPS) is 24.8. The molecule has 1 amide bonds. The number of carbonyl (C=O) groups is 1. The molecule has 4 rings (SSSR count). The fourth-order valence-corrected chi connectivity index (χ4v) is 4.49. The Morgan fingerprint density at radius 1 is 1.30 bits per heavy atom. The van der Waals surface area contributed by atoms with Gasteiger partial charge in [-0.25, -0.2) is 0 Å². The third kappa shape index (κ3) is 1.91. The van der Waals surface area contributed by atoms with Crippen LogP contribution in [0.3, 0.4) is 0 Å². The molecule has 0 bridgehead atoms. The topological polar surface area (TPSA) is 32.3 Å². The molecular formula is C19H20N2OS. The summed E-state index contributed by atoms with van der Waals surface area (Å²) in [5.74, 6) is 0.0835. The maximum Gasteiger partial charge on any atom is 0.241 e. The van der Waals surface area contributed by atoms with Gasteiger partial charge in [0.05, 0.1) is 6.54 Å². The van der Waals surface area contributed by atoms with Crippen LogP contribution in [0.4, 0.5) is 5.69 Å². The lowest BCUT2D eigenvalue weighted by molar-refractivity contribution is -0.118. The average molecular weight is 324 g/mol. The Balaban J connectivity index is 1.88. The molecule has 0 unspecified atom stereocenters. The monoisotopic (exact) mass is 324 g/mol. The fraction of sp³-hybridized carbons (Fsp3) is 0.316. The van der Waals surface area contributed by atoms with E-state index in [4.69, 9.17) is 0 Å². The molecule has 0 spiro atoms. The molecule has 4 heteroatoms. The van der Waals surface area contributed by atoms with Crippen molar-refractivity contribution in [3.8, 4) is 0 Å². The molecule has 1 N–H and O–H groups in total. The molecule has 2 aliphatic rings. The summed E-state index contributed by atoms with van der Waals surface area (Å²) in [6.07, 6.45) is 4.29. The summed E-state index contributed by atoms with van der Waals surface area (Å²) in [5.41, 5.74) is 3.02. The van der Waals surface area contributed by atoms with E-state index in [9.17, 15) is 4.79 Å². The molecule has 2 aliphatic heterocycles. The molecule has 23 heavy (non-hydrogen) atoms. The number of hydrogen-bond acceptors (Lipinski definition) is 3. The van der Waals surface area contributed by atoms with E-state index in [1.165, 1.54) is 16.0 Å². The van der Waals surface area contributed by atoms with Crippen LogP contribution >= 0.6 is 11.3 Å². The summed E-state index contributed by atoms with van der Waals surface area (Å²) < 4.78 is 0. The number of rotatable bonds is 2. The van der Waals surface area contributed by atoms with Crippen LogP contribution in [-0.4, -0.2) is 18.1 Å². The number of carbonyl (C=O) groups excluding carboxylic acids is 1. The number of thiophene rings is 1. The number of hydrogen-bond donors (Lipinski definition) is 1. The van der Waals surface area contributed by atoms with Crippen LogP contribution in [-0.2, 0) is 10.2 Å². The van der Waals surface area contributed by atoms with Crippen molar-refractivity contribution in [2.45, 2.75) is 31.8 Å². The zero-order chi connectivity index (χ0) is 16.2. The third-order valence-electron chi connectivity index (χ3n) is 5.16. The Morgan fingerprint density at radius 3 is 2.87 bits per heavy atom. The van der Waals surface area contributed by atoms with Crippen LogP contribution < -0.4 is 10.2 Å². The summed E-state index contributed by atoms with van der Waals surface area (Å²) in [4.78, 5) is 15.6. The van der Waals surface area contributed by atoms with Gasteiger partial charge in [0, 0.05) is 16.0 Å². The summed E-state index contributed by atoms with van der Waals surface area (Å²) in [7, 11) is 0. The van der Waals surface area contributed by atoms with Crippen molar-refractivity contribution >= 4 is 29.0 Å². The molecule has 1 atom stereocenters. The summed E-state index contributed by atoms with van der Waals surface area (Å²) in [5, 5.41) is 5.32. The van der Waals surface area contributed by atoms with Gasteiger partial charge in [-0.2, -0.15) is 0 Å². The van der Waals surface area contributed by atoms with E-state index in [1.54, 1.807) is 11.3 Å². The maximum absolute atomic E-state index is 12.2. The molecule has 1 aromatic heterocycles.